The highest BCUT2D eigenvalue weighted by molar-refractivity contribution is 14.0. The molecule has 1 aromatic carbocycles. The monoisotopic (exact) mass is 458 g/mol. The lowest BCUT2D eigenvalue weighted by atomic mass is 10.1. The lowest BCUT2D eigenvalue weighted by molar-refractivity contribution is 0.392. The summed E-state index contributed by atoms with van der Waals surface area (Å²) in [7, 11) is 1.59. The molecule has 25 heavy (non-hydrogen) atoms. The van der Waals surface area contributed by atoms with Crippen LogP contribution in [-0.2, 0) is 13.0 Å². The molecule has 0 atom stereocenters. The van der Waals surface area contributed by atoms with Crippen LogP contribution in [0.2, 0.25) is 0 Å². The van der Waals surface area contributed by atoms with Crippen LogP contribution in [0.25, 0.3) is 0 Å². The number of nitrogens with zero attached hydrogens (tertiary/aromatic N) is 2. The third-order valence-corrected chi connectivity index (χ3v) is 3.44. The zero-order valence-electron chi connectivity index (χ0n) is 14.5. The van der Waals surface area contributed by atoms with Gasteiger partial charge in [0.2, 0.25) is 5.88 Å². The average molecular weight is 458 g/mol. The number of guanidine groups is 1. The van der Waals surface area contributed by atoms with Gasteiger partial charge in [0.05, 0.1) is 13.7 Å². The predicted molar refractivity (Wildman–Crippen MR) is 109 cm³/mol. The molecule has 0 unspecified atom stereocenters. The van der Waals surface area contributed by atoms with E-state index in [0.717, 1.165) is 12.1 Å². The Morgan fingerprint density at radius 2 is 1.92 bits per heavy atom. The molecule has 136 valence electrons. The van der Waals surface area contributed by atoms with E-state index in [1.54, 1.807) is 25.4 Å². The second-order valence-corrected chi connectivity index (χ2v) is 5.14. The van der Waals surface area contributed by atoms with Crippen LogP contribution in [0.4, 0.5) is 4.39 Å². The molecule has 0 radical (unpaired) electrons. The maximum atomic E-state index is 13.6. The van der Waals surface area contributed by atoms with Crippen LogP contribution in [-0.4, -0.2) is 31.1 Å². The Labute approximate surface area is 165 Å². The Morgan fingerprint density at radius 1 is 1.16 bits per heavy atom. The van der Waals surface area contributed by atoms with Crippen molar-refractivity contribution in [2.75, 3.05) is 20.2 Å². The van der Waals surface area contributed by atoms with Crippen LogP contribution in [0, 0.1) is 5.82 Å². The van der Waals surface area contributed by atoms with Crippen LogP contribution in [0.5, 0.6) is 5.88 Å². The van der Waals surface area contributed by atoms with Crippen LogP contribution in [0.15, 0.2) is 47.6 Å². The van der Waals surface area contributed by atoms with Crippen molar-refractivity contribution in [3.05, 3.63) is 59.5 Å². The first-order chi connectivity index (χ1) is 11.7. The largest absolute Gasteiger partial charge is 0.481 e. The van der Waals surface area contributed by atoms with Crippen molar-refractivity contribution in [1.29, 1.82) is 0 Å². The van der Waals surface area contributed by atoms with E-state index in [1.165, 1.54) is 6.07 Å². The summed E-state index contributed by atoms with van der Waals surface area (Å²) in [6, 6.07) is 10.6. The molecule has 0 aliphatic carbocycles. The molecule has 0 aliphatic rings. The third-order valence-electron chi connectivity index (χ3n) is 3.44. The molecule has 1 heterocycles. The van der Waals surface area contributed by atoms with E-state index >= 15 is 0 Å². The Hall–Kier alpha value is -1.90. The number of aliphatic imine (C=N–C) groups is 1. The first-order valence-corrected chi connectivity index (χ1v) is 7.98. The number of halogens is 2. The first kappa shape index (κ1) is 21.1. The van der Waals surface area contributed by atoms with E-state index in [0.29, 0.717) is 36.9 Å². The SMILES string of the molecule is CCNC(=NCc1cccnc1OC)NCCc1ccccc1F.I. The highest BCUT2D eigenvalue weighted by Crippen LogP contribution is 2.14. The van der Waals surface area contributed by atoms with Gasteiger partial charge in [0.1, 0.15) is 5.82 Å². The number of hydrogen-bond donors (Lipinski definition) is 2. The van der Waals surface area contributed by atoms with Gasteiger partial charge in [-0.3, -0.25) is 0 Å². The van der Waals surface area contributed by atoms with E-state index in [-0.39, 0.29) is 29.8 Å². The van der Waals surface area contributed by atoms with Gasteiger partial charge in [-0.1, -0.05) is 24.3 Å². The minimum absolute atomic E-state index is 0. The molecule has 2 rings (SSSR count). The summed E-state index contributed by atoms with van der Waals surface area (Å²) in [5, 5.41) is 6.39. The van der Waals surface area contributed by atoms with Gasteiger partial charge in [-0.2, -0.15) is 0 Å². The maximum absolute atomic E-state index is 13.6. The van der Waals surface area contributed by atoms with E-state index in [2.05, 4.69) is 20.6 Å². The first-order valence-electron chi connectivity index (χ1n) is 7.98. The molecule has 7 heteroatoms. The number of benzene rings is 1. The van der Waals surface area contributed by atoms with Gasteiger partial charge in [-0.15, -0.1) is 24.0 Å². The van der Waals surface area contributed by atoms with Crippen LogP contribution >= 0.6 is 24.0 Å². The lowest BCUT2D eigenvalue weighted by Gasteiger charge is -2.12. The number of aromatic nitrogens is 1. The van der Waals surface area contributed by atoms with Gasteiger partial charge >= 0.3 is 0 Å². The summed E-state index contributed by atoms with van der Waals surface area (Å²) in [5.41, 5.74) is 1.60. The van der Waals surface area contributed by atoms with Gasteiger partial charge in [0, 0.05) is 24.8 Å². The molecule has 0 bridgehead atoms. The van der Waals surface area contributed by atoms with Crippen molar-refractivity contribution in [2.24, 2.45) is 4.99 Å². The fourth-order valence-corrected chi connectivity index (χ4v) is 2.25. The molecule has 0 saturated heterocycles. The Bertz CT molecular complexity index is 682. The highest BCUT2D eigenvalue weighted by Gasteiger charge is 2.04. The summed E-state index contributed by atoms with van der Waals surface area (Å²) in [4.78, 5) is 8.69. The number of ether oxygens (including phenoxy) is 1. The molecule has 0 aliphatic heterocycles. The van der Waals surface area contributed by atoms with Crippen molar-refractivity contribution in [3.63, 3.8) is 0 Å². The Morgan fingerprint density at radius 3 is 2.64 bits per heavy atom. The van der Waals surface area contributed by atoms with E-state index in [4.69, 9.17) is 4.74 Å². The van der Waals surface area contributed by atoms with Crippen molar-refractivity contribution in [3.8, 4) is 5.88 Å². The van der Waals surface area contributed by atoms with Gasteiger partial charge < -0.3 is 15.4 Å². The maximum Gasteiger partial charge on any atom is 0.218 e. The molecular formula is C18H24FIN4O. The summed E-state index contributed by atoms with van der Waals surface area (Å²) < 4.78 is 18.8. The molecule has 0 amide bonds. The van der Waals surface area contributed by atoms with Gasteiger partial charge in [0.15, 0.2) is 5.96 Å². The van der Waals surface area contributed by atoms with Crippen LogP contribution < -0.4 is 15.4 Å². The molecule has 0 fully saturated rings. The predicted octanol–water partition coefficient (Wildman–Crippen LogP) is 3.15. The van der Waals surface area contributed by atoms with Crippen molar-refractivity contribution in [2.45, 2.75) is 19.9 Å². The van der Waals surface area contributed by atoms with E-state index < -0.39 is 0 Å². The standard InChI is InChI=1S/C18H23FN4O.HI/c1-3-20-18(22-12-10-14-7-4-5-9-16(14)19)23-13-15-8-6-11-21-17(15)24-2;/h4-9,11H,3,10,12-13H2,1-2H3,(H2,20,22,23);1H. The number of hydrogen-bond acceptors (Lipinski definition) is 3. The second kappa shape index (κ2) is 11.6. The van der Waals surface area contributed by atoms with Crippen molar-refractivity contribution >= 4 is 29.9 Å². The molecule has 1 aromatic heterocycles. The minimum atomic E-state index is -0.179. The average Bonchev–Trinajstić information content (AvgIpc) is 2.61. The molecule has 0 spiro atoms. The molecule has 2 aromatic rings. The van der Waals surface area contributed by atoms with Gasteiger partial charge in [-0.05, 0) is 31.0 Å². The summed E-state index contributed by atoms with van der Waals surface area (Å²) in [5.74, 6) is 1.07. The fraction of sp³-hybridized carbons (Fsp3) is 0.333. The zero-order valence-corrected chi connectivity index (χ0v) is 16.8. The molecule has 0 saturated carbocycles. The van der Waals surface area contributed by atoms with Crippen LogP contribution in [0.3, 0.4) is 0 Å². The Kier molecular flexibility index (Phi) is 9.83. The highest BCUT2D eigenvalue weighted by atomic mass is 127. The molecule has 5 nitrogen and oxygen atoms in total. The van der Waals surface area contributed by atoms with Crippen molar-refractivity contribution < 1.29 is 9.13 Å². The van der Waals surface area contributed by atoms with Crippen molar-refractivity contribution in [1.82, 2.24) is 15.6 Å². The third kappa shape index (κ3) is 6.85. The topological polar surface area (TPSA) is 58.5 Å². The minimum Gasteiger partial charge on any atom is -0.481 e. The smallest absolute Gasteiger partial charge is 0.218 e. The quantitative estimate of drug-likeness (QED) is 0.381. The summed E-state index contributed by atoms with van der Waals surface area (Å²) >= 11 is 0. The number of nitrogens with one attached hydrogen (secondary N) is 2. The molecule has 2 N–H and O–H groups in total. The number of pyridine rings is 1. The lowest BCUT2D eigenvalue weighted by Crippen LogP contribution is -2.38. The van der Waals surface area contributed by atoms with Crippen LogP contribution in [0.1, 0.15) is 18.1 Å². The van der Waals surface area contributed by atoms with Gasteiger partial charge in [-0.25, -0.2) is 14.4 Å². The number of rotatable bonds is 7. The summed E-state index contributed by atoms with van der Waals surface area (Å²) in [6.07, 6.45) is 2.28. The summed E-state index contributed by atoms with van der Waals surface area (Å²) in [6.45, 7) is 3.79. The normalized spacial score (nSPS) is 10.8. The Balaban J connectivity index is 0.00000312. The van der Waals surface area contributed by atoms with E-state index in [1.807, 2.05) is 25.1 Å². The zero-order chi connectivity index (χ0) is 17.2. The fourth-order valence-electron chi connectivity index (χ4n) is 2.25. The number of methoxy groups -OCH3 is 1. The second-order valence-electron chi connectivity index (χ2n) is 5.14. The van der Waals surface area contributed by atoms with Gasteiger partial charge in [0.25, 0.3) is 0 Å². The molecular weight excluding hydrogens is 434 g/mol. The van der Waals surface area contributed by atoms with E-state index in [9.17, 15) is 4.39 Å².